The quantitative estimate of drug-likeness (QED) is 0.783. The molecule has 0 aliphatic heterocycles. The van der Waals surface area contributed by atoms with Crippen LogP contribution in [0.3, 0.4) is 0 Å². The minimum absolute atomic E-state index is 0.649. The summed E-state index contributed by atoms with van der Waals surface area (Å²) in [4.78, 5) is 4.02. The van der Waals surface area contributed by atoms with E-state index in [0.717, 1.165) is 7.87 Å². The average molecular weight is 346 g/mol. The van der Waals surface area contributed by atoms with Gasteiger partial charge in [0.05, 0.1) is 7.87 Å². The van der Waals surface area contributed by atoms with Crippen LogP contribution in [0.1, 0.15) is 5.82 Å². The zero-order chi connectivity index (χ0) is 8.43. The van der Waals surface area contributed by atoms with Gasteiger partial charge < -0.3 is 0 Å². The van der Waals surface area contributed by atoms with Gasteiger partial charge >= 0.3 is 0 Å². The van der Waals surface area contributed by atoms with E-state index in [1.165, 1.54) is 0 Å². The normalized spacial score (nSPS) is 9.82. The molecule has 0 aliphatic rings. The Morgan fingerprint density at radius 3 is 2.45 bits per heavy atom. The fraction of sp³-hybridized carbons (Fsp3) is 0.200. The molecule has 0 radical (unpaired) electrons. The van der Waals surface area contributed by atoms with Gasteiger partial charge in [-0.05, 0) is 47.8 Å². The van der Waals surface area contributed by atoms with Gasteiger partial charge in [0.25, 0.3) is 0 Å². The zero-order valence-corrected chi connectivity index (χ0v) is 10.3. The lowest BCUT2D eigenvalue weighted by atomic mass is 10.6. The third kappa shape index (κ3) is 2.38. The van der Waals surface area contributed by atoms with Crippen molar-refractivity contribution in [2.75, 3.05) is 0 Å². The van der Waals surface area contributed by atoms with Crippen LogP contribution in [0.2, 0.25) is 0 Å². The lowest BCUT2D eigenvalue weighted by Gasteiger charge is -1.90. The summed E-state index contributed by atoms with van der Waals surface area (Å²) in [5, 5.41) is 4.07. The number of halogens is 3. The first-order chi connectivity index (χ1) is 5.11. The largest absolute Gasteiger partial charge is 0.255 e. The van der Waals surface area contributed by atoms with Gasteiger partial charge in [0.2, 0.25) is 0 Å². The lowest BCUT2D eigenvalue weighted by Crippen LogP contribution is -1.88. The maximum atomic E-state index is 4.07. The van der Waals surface area contributed by atoms with Crippen LogP contribution in [0.5, 0.6) is 0 Å². The monoisotopic (exact) mass is 343 g/mol. The van der Waals surface area contributed by atoms with E-state index >= 15 is 0 Å². The predicted molar refractivity (Wildman–Crippen MR) is 54.7 cm³/mol. The summed E-state index contributed by atoms with van der Waals surface area (Å²) in [7, 11) is 1.82. The molecule has 60 valence electrons. The third-order valence-electron chi connectivity index (χ3n) is 0.962. The van der Waals surface area contributed by atoms with Crippen molar-refractivity contribution in [1.29, 1.82) is 0 Å². The maximum absolute atomic E-state index is 4.07. The van der Waals surface area contributed by atoms with Crippen LogP contribution >= 0.6 is 47.8 Å². The first kappa shape index (κ1) is 9.41. The van der Waals surface area contributed by atoms with Crippen molar-refractivity contribution in [3.8, 4) is 0 Å². The first-order valence-electron chi connectivity index (χ1n) is 2.68. The second-order valence-corrected chi connectivity index (χ2v) is 5.26. The Bertz CT molecular complexity index is 287. The van der Waals surface area contributed by atoms with Gasteiger partial charge in [0, 0.05) is 7.05 Å². The molecule has 1 rings (SSSR count). The Kier molecular flexibility index (Phi) is 3.27. The molecule has 3 nitrogen and oxygen atoms in total. The van der Waals surface area contributed by atoms with Crippen molar-refractivity contribution < 1.29 is 0 Å². The molecule has 0 saturated carbocycles. The van der Waals surface area contributed by atoms with Crippen molar-refractivity contribution in [3.63, 3.8) is 0 Å². The second kappa shape index (κ2) is 3.82. The molecule has 6 heteroatoms. The molecular formula is C5H4Br3N3. The van der Waals surface area contributed by atoms with Crippen molar-refractivity contribution in [2.45, 2.75) is 0 Å². The minimum Gasteiger partial charge on any atom is -0.255 e. The number of aromatic nitrogens is 3. The summed E-state index contributed by atoms with van der Waals surface area (Å²) >= 11 is 9.80. The van der Waals surface area contributed by atoms with Crippen molar-refractivity contribution in [2.24, 2.45) is 7.05 Å². The summed E-state index contributed by atoms with van der Waals surface area (Å²) in [6.45, 7) is 0. The highest BCUT2D eigenvalue weighted by molar-refractivity contribution is 9.29. The van der Waals surface area contributed by atoms with Gasteiger partial charge in [-0.1, -0.05) is 0 Å². The lowest BCUT2D eigenvalue weighted by molar-refractivity contribution is 0.763. The van der Waals surface area contributed by atoms with E-state index in [9.17, 15) is 0 Å². The van der Waals surface area contributed by atoms with Crippen molar-refractivity contribution >= 4 is 52.3 Å². The molecule has 1 heterocycles. The Morgan fingerprint density at radius 1 is 1.45 bits per heavy atom. The molecule has 0 atom stereocenters. The minimum atomic E-state index is 0.649. The van der Waals surface area contributed by atoms with Crippen LogP contribution in [0, 0.1) is 0 Å². The number of rotatable bonds is 1. The Morgan fingerprint density at radius 2 is 2.09 bits per heavy atom. The van der Waals surface area contributed by atoms with Gasteiger partial charge in [-0.2, -0.15) is 5.10 Å². The van der Waals surface area contributed by atoms with Crippen LogP contribution in [0.4, 0.5) is 0 Å². The first-order valence-corrected chi connectivity index (χ1v) is 5.06. The number of hydrogen-bond donors (Lipinski definition) is 0. The third-order valence-corrected chi connectivity index (χ3v) is 3.57. The van der Waals surface area contributed by atoms with Crippen LogP contribution in [-0.2, 0) is 7.05 Å². The highest BCUT2D eigenvalue weighted by Gasteiger charge is 2.05. The molecule has 0 aromatic carbocycles. The van der Waals surface area contributed by atoms with Crippen LogP contribution in [0.15, 0.2) is 9.72 Å². The van der Waals surface area contributed by atoms with Gasteiger partial charge in [-0.15, -0.1) is 0 Å². The molecule has 1 aromatic heterocycles. The van der Waals surface area contributed by atoms with Gasteiger partial charge in [-0.25, -0.2) is 4.98 Å². The van der Waals surface area contributed by atoms with E-state index in [1.54, 1.807) is 11.0 Å². The predicted octanol–water partition coefficient (Wildman–Crippen LogP) is 2.63. The van der Waals surface area contributed by atoms with E-state index in [2.05, 4.69) is 57.9 Å². The maximum Gasteiger partial charge on any atom is 0.189 e. The number of aryl methyl sites for hydroxylation is 1. The van der Waals surface area contributed by atoms with Gasteiger partial charge in [0.15, 0.2) is 5.82 Å². The Labute approximate surface area is 89.3 Å². The Balaban J connectivity index is 3.03. The molecule has 1 aromatic rings. The highest BCUT2D eigenvalue weighted by Crippen LogP contribution is 2.29. The number of hydrogen-bond acceptors (Lipinski definition) is 2. The Hall–Kier alpha value is 0.320. The van der Waals surface area contributed by atoms with E-state index in [4.69, 9.17) is 0 Å². The van der Waals surface area contributed by atoms with E-state index in [0.29, 0.717) is 5.82 Å². The summed E-state index contributed by atoms with van der Waals surface area (Å²) in [5.74, 6) is 0.649. The molecule has 0 bridgehead atoms. The molecule has 0 unspecified atom stereocenters. The molecular weight excluding hydrogens is 342 g/mol. The molecule has 0 saturated heterocycles. The summed E-state index contributed by atoms with van der Waals surface area (Å²) < 4.78 is 3.24. The van der Waals surface area contributed by atoms with E-state index < -0.39 is 0 Å². The summed E-state index contributed by atoms with van der Waals surface area (Å²) in [5.41, 5.74) is 0. The van der Waals surface area contributed by atoms with Crippen LogP contribution < -0.4 is 0 Å². The van der Waals surface area contributed by atoms with E-state index in [-0.39, 0.29) is 0 Å². The summed E-state index contributed by atoms with van der Waals surface area (Å²) in [6, 6.07) is 0. The molecule has 0 aliphatic carbocycles. The summed E-state index contributed by atoms with van der Waals surface area (Å²) in [6.07, 6.45) is 1.64. The smallest absolute Gasteiger partial charge is 0.189 e. The average Bonchev–Trinajstić information content (AvgIpc) is 2.34. The van der Waals surface area contributed by atoms with Crippen LogP contribution in [0.25, 0.3) is 4.48 Å². The standard InChI is InChI=1S/C5H4Br3N3/c1-11-2-9-5(10-11)3(6)4(7)8/h2H,1H3. The molecule has 0 spiro atoms. The van der Waals surface area contributed by atoms with Crippen molar-refractivity contribution in [1.82, 2.24) is 14.8 Å². The van der Waals surface area contributed by atoms with E-state index in [1.807, 2.05) is 7.05 Å². The van der Waals surface area contributed by atoms with Gasteiger partial charge in [0.1, 0.15) is 6.33 Å². The topological polar surface area (TPSA) is 30.7 Å². The highest BCUT2D eigenvalue weighted by atomic mass is 79.9. The zero-order valence-electron chi connectivity index (χ0n) is 5.55. The molecule has 0 fully saturated rings. The molecule has 11 heavy (non-hydrogen) atoms. The van der Waals surface area contributed by atoms with Crippen LogP contribution in [-0.4, -0.2) is 14.8 Å². The van der Waals surface area contributed by atoms with Gasteiger partial charge in [-0.3, -0.25) is 4.68 Å². The second-order valence-electron chi connectivity index (χ2n) is 1.82. The fourth-order valence-corrected chi connectivity index (χ4v) is 1.06. The number of nitrogens with zero attached hydrogens (tertiary/aromatic N) is 3. The molecule has 0 amide bonds. The fourth-order valence-electron chi connectivity index (χ4n) is 0.524. The van der Waals surface area contributed by atoms with Crippen molar-refractivity contribution in [3.05, 3.63) is 15.5 Å². The molecule has 0 N–H and O–H groups in total. The SMILES string of the molecule is Cn1cnc(C(Br)=C(Br)Br)n1.